The Labute approximate surface area is 81.7 Å². The summed E-state index contributed by atoms with van der Waals surface area (Å²) in [6.45, 7) is 3.76. The first-order valence-electron chi connectivity index (χ1n) is 4.11. The number of rotatable bonds is 5. The maximum absolute atomic E-state index is 11.1. The Morgan fingerprint density at radius 1 is 1.43 bits per heavy atom. The zero-order valence-electron chi connectivity index (χ0n) is 8.15. The summed E-state index contributed by atoms with van der Waals surface area (Å²) in [6.07, 6.45) is 2.30. The number of ketones is 1. The average molecular weight is 196 g/mol. The van der Waals surface area contributed by atoms with Crippen LogP contribution in [0.4, 0.5) is 0 Å². The largest absolute Gasteiger partial charge is 0.472 e. The van der Waals surface area contributed by atoms with Gasteiger partial charge in [0.15, 0.2) is 0 Å². The molecule has 0 aromatic rings. The van der Waals surface area contributed by atoms with Crippen LogP contribution in [-0.2, 0) is 9.59 Å². The van der Waals surface area contributed by atoms with Gasteiger partial charge in [0.25, 0.3) is 5.78 Å². The van der Waals surface area contributed by atoms with Gasteiger partial charge >= 0.3 is 11.7 Å². The van der Waals surface area contributed by atoms with Gasteiger partial charge in [0.1, 0.15) is 0 Å². The third-order valence-corrected chi connectivity index (χ3v) is 1.49. The molecule has 0 aromatic carbocycles. The second-order valence-corrected chi connectivity index (χ2v) is 3.00. The van der Waals surface area contributed by atoms with E-state index in [9.17, 15) is 9.59 Å². The quantitative estimate of drug-likeness (QED) is 0.234. The summed E-state index contributed by atoms with van der Waals surface area (Å²) in [6, 6.07) is 0. The van der Waals surface area contributed by atoms with Gasteiger partial charge in [-0.3, -0.25) is 4.79 Å². The number of aliphatic carboxylic acids is 1. The molecule has 0 rings (SSSR count). The molecule has 0 radical (unpaired) electrons. The van der Waals surface area contributed by atoms with Crippen LogP contribution in [0.3, 0.4) is 0 Å². The maximum atomic E-state index is 11.1. The van der Waals surface area contributed by atoms with Crippen molar-refractivity contribution in [2.45, 2.75) is 26.7 Å². The minimum absolute atomic E-state index is 0.0386. The van der Waals surface area contributed by atoms with E-state index < -0.39 is 17.5 Å². The molecule has 0 aliphatic heterocycles. The average Bonchev–Trinajstić information content (AvgIpc) is 2.03. The van der Waals surface area contributed by atoms with Crippen molar-refractivity contribution in [3.8, 4) is 0 Å². The number of nitrogens with zero attached hydrogens (tertiary/aromatic N) is 2. The van der Waals surface area contributed by atoms with Crippen molar-refractivity contribution in [2.75, 3.05) is 0 Å². The summed E-state index contributed by atoms with van der Waals surface area (Å²) >= 11 is 0. The van der Waals surface area contributed by atoms with E-state index in [-0.39, 0.29) is 6.42 Å². The van der Waals surface area contributed by atoms with E-state index in [1.165, 1.54) is 0 Å². The van der Waals surface area contributed by atoms with Crippen LogP contribution in [0.2, 0.25) is 0 Å². The highest BCUT2D eigenvalue weighted by atomic mass is 16.4. The molecule has 0 amide bonds. The summed E-state index contributed by atoms with van der Waals surface area (Å²) < 4.78 is 0. The lowest BCUT2D eigenvalue weighted by atomic mass is 10.1. The molecule has 5 heteroatoms. The zero-order valence-corrected chi connectivity index (χ0v) is 8.15. The number of carbonyl (C=O) groups is 2. The van der Waals surface area contributed by atoms with Gasteiger partial charge in [0, 0.05) is 6.42 Å². The molecule has 0 spiro atoms. The minimum atomic E-state index is -1.50. The molecule has 0 saturated carbocycles. The maximum Gasteiger partial charge on any atom is 0.441 e. The first kappa shape index (κ1) is 12.3. The van der Waals surface area contributed by atoms with E-state index in [1.54, 1.807) is 0 Å². The second kappa shape index (κ2) is 5.83. The van der Waals surface area contributed by atoms with Crippen LogP contribution >= 0.6 is 0 Å². The lowest BCUT2D eigenvalue weighted by Gasteiger charge is -1.91. The molecule has 0 aliphatic carbocycles. The molecule has 14 heavy (non-hydrogen) atoms. The molecule has 0 aliphatic rings. The predicted molar refractivity (Wildman–Crippen MR) is 49.9 cm³/mol. The topological polar surface area (TPSA) is 90.8 Å². The van der Waals surface area contributed by atoms with Crippen LogP contribution < -0.4 is 0 Å². The molecule has 1 N–H and O–H groups in total. The molecular weight excluding hydrogens is 184 g/mol. The molecule has 0 bridgehead atoms. The van der Waals surface area contributed by atoms with Crippen LogP contribution in [-0.4, -0.2) is 27.4 Å². The predicted octanol–water partition coefficient (Wildman–Crippen LogP) is 1.06. The molecule has 0 saturated heterocycles. The van der Waals surface area contributed by atoms with E-state index >= 15 is 0 Å². The van der Waals surface area contributed by atoms with Crippen molar-refractivity contribution >= 4 is 17.5 Å². The van der Waals surface area contributed by atoms with Gasteiger partial charge < -0.3 is 10.6 Å². The van der Waals surface area contributed by atoms with E-state index in [0.717, 1.165) is 5.57 Å². The number of carboxylic acid groups (broad SMARTS) is 1. The van der Waals surface area contributed by atoms with Gasteiger partial charge in [-0.05, 0) is 20.3 Å². The van der Waals surface area contributed by atoms with Crippen molar-refractivity contribution in [2.24, 2.45) is 0 Å². The number of hydrogen-bond donors (Lipinski definition) is 1. The van der Waals surface area contributed by atoms with Crippen molar-refractivity contribution in [3.05, 3.63) is 17.2 Å². The van der Waals surface area contributed by atoms with Gasteiger partial charge in [-0.2, -0.15) is 4.79 Å². The van der Waals surface area contributed by atoms with Gasteiger partial charge in [-0.25, -0.2) is 4.79 Å². The van der Waals surface area contributed by atoms with E-state index in [2.05, 4.69) is 4.79 Å². The first-order chi connectivity index (χ1) is 6.49. The molecule has 0 fully saturated rings. The summed E-state index contributed by atoms with van der Waals surface area (Å²) in [4.78, 5) is 23.9. The number of carbonyl (C=O) groups excluding carboxylic acids is 1. The molecule has 5 nitrogen and oxygen atoms in total. The van der Waals surface area contributed by atoms with Crippen LogP contribution in [0.5, 0.6) is 0 Å². The highest BCUT2D eigenvalue weighted by Crippen LogP contribution is 1.98. The summed E-state index contributed by atoms with van der Waals surface area (Å²) in [5.74, 6) is -2.17. The Hall–Kier alpha value is -1.74. The fourth-order valence-electron chi connectivity index (χ4n) is 0.828. The Balaban J connectivity index is 4.29. The molecule has 76 valence electrons. The third-order valence-electron chi connectivity index (χ3n) is 1.49. The zero-order chi connectivity index (χ0) is 11.1. The molecule has 0 aromatic heterocycles. The van der Waals surface area contributed by atoms with Gasteiger partial charge in [-0.1, -0.05) is 11.6 Å². The fourth-order valence-corrected chi connectivity index (χ4v) is 0.828. The van der Waals surface area contributed by atoms with Crippen molar-refractivity contribution in [1.82, 2.24) is 0 Å². The van der Waals surface area contributed by atoms with Crippen molar-refractivity contribution in [1.29, 1.82) is 0 Å². The second-order valence-electron chi connectivity index (χ2n) is 3.00. The Morgan fingerprint density at radius 3 is 2.36 bits per heavy atom. The van der Waals surface area contributed by atoms with Crippen LogP contribution in [0.1, 0.15) is 26.7 Å². The molecule has 0 atom stereocenters. The summed E-state index contributed by atoms with van der Waals surface area (Å²) in [7, 11) is 0. The third kappa shape index (κ3) is 4.33. The summed E-state index contributed by atoms with van der Waals surface area (Å²) in [5, 5.41) is 8.43. The van der Waals surface area contributed by atoms with E-state index in [4.69, 9.17) is 10.6 Å². The smallest absolute Gasteiger partial charge is 0.441 e. The van der Waals surface area contributed by atoms with Gasteiger partial charge in [0.2, 0.25) is 0 Å². The highest BCUT2D eigenvalue weighted by molar-refractivity contribution is 6.61. The molecular formula is C9H12N2O3. The number of allylic oxidation sites excluding steroid dienone is 2. The first-order valence-corrected chi connectivity index (χ1v) is 4.11. The lowest BCUT2D eigenvalue weighted by molar-refractivity contribution is -0.136. The van der Waals surface area contributed by atoms with Crippen molar-refractivity contribution in [3.63, 3.8) is 0 Å². The lowest BCUT2D eigenvalue weighted by Crippen LogP contribution is -2.24. The van der Waals surface area contributed by atoms with Crippen molar-refractivity contribution < 1.29 is 19.5 Å². The summed E-state index contributed by atoms with van der Waals surface area (Å²) in [5.41, 5.74) is 8.48. The number of carboxylic acids is 1. The monoisotopic (exact) mass is 196 g/mol. The van der Waals surface area contributed by atoms with E-state index in [0.29, 0.717) is 6.42 Å². The highest BCUT2D eigenvalue weighted by Gasteiger charge is 2.27. The van der Waals surface area contributed by atoms with Gasteiger partial charge in [0.05, 0.1) is 0 Å². The SMILES string of the molecule is CC(C)=CCCC(=O)C(=[N+]=[N-])C(=O)O. The van der Waals surface area contributed by atoms with Crippen LogP contribution in [0, 0.1) is 0 Å². The number of hydrogen-bond acceptors (Lipinski definition) is 2. The van der Waals surface area contributed by atoms with Gasteiger partial charge in [-0.15, -0.1) is 0 Å². The number of Topliss-reactive ketones (excluding diaryl/α,β-unsaturated/α-hetero) is 1. The Bertz CT molecular complexity index is 321. The Morgan fingerprint density at radius 2 is 2.00 bits per heavy atom. The fraction of sp³-hybridized carbons (Fsp3) is 0.444. The standard InChI is InChI=1S/C9H12N2O3/c1-6(2)4-3-5-7(12)8(11-10)9(13)14/h4H,3,5H2,1-2H3,(H,13,14). The normalized spacial score (nSPS) is 8.71. The minimum Gasteiger partial charge on any atom is -0.472 e. The molecule has 0 heterocycles. The van der Waals surface area contributed by atoms with Crippen LogP contribution in [0.15, 0.2) is 11.6 Å². The van der Waals surface area contributed by atoms with Crippen LogP contribution in [0.25, 0.3) is 5.53 Å². The van der Waals surface area contributed by atoms with E-state index in [1.807, 2.05) is 19.9 Å². The molecule has 0 unspecified atom stereocenters. The Kier molecular flexibility index (Phi) is 5.10.